The zero-order valence-electron chi connectivity index (χ0n) is 18.9. The summed E-state index contributed by atoms with van der Waals surface area (Å²) in [5.74, 6) is -0.730. The number of hydrogen-bond donors (Lipinski definition) is 1. The largest absolute Gasteiger partial charge is 0.479 e. The van der Waals surface area contributed by atoms with E-state index in [0.29, 0.717) is 26.0 Å². The van der Waals surface area contributed by atoms with E-state index < -0.39 is 12.1 Å². The molecule has 5 nitrogen and oxygen atoms in total. The fraction of sp³-hybridized carbons (Fsp3) is 0.520. The maximum atomic E-state index is 12.4. The Hall–Kier alpha value is -2.18. The molecule has 1 aromatic heterocycles. The molecule has 0 spiro atoms. The van der Waals surface area contributed by atoms with Crippen LogP contribution in [0.5, 0.6) is 0 Å². The molecule has 0 fully saturated rings. The topological polar surface area (TPSA) is 66.8 Å². The van der Waals surface area contributed by atoms with E-state index in [1.54, 1.807) is 18.3 Å². The van der Waals surface area contributed by atoms with Gasteiger partial charge in [0.15, 0.2) is 6.10 Å². The van der Waals surface area contributed by atoms with Gasteiger partial charge in [0.05, 0.1) is 6.54 Å². The van der Waals surface area contributed by atoms with Gasteiger partial charge in [-0.3, -0.25) is 4.79 Å². The van der Waals surface area contributed by atoms with Crippen LogP contribution in [0.25, 0.3) is 10.4 Å². The highest BCUT2D eigenvalue weighted by atomic mass is 32.1. The van der Waals surface area contributed by atoms with Crippen molar-refractivity contribution in [2.75, 3.05) is 13.7 Å². The molecule has 0 radical (unpaired) electrons. The Labute approximate surface area is 190 Å². The smallest absolute Gasteiger partial charge is 0.333 e. The van der Waals surface area contributed by atoms with Crippen LogP contribution >= 0.6 is 11.3 Å². The van der Waals surface area contributed by atoms with Crippen molar-refractivity contribution in [3.63, 3.8) is 0 Å². The number of thiophene rings is 1. The minimum atomic E-state index is -0.937. The van der Waals surface area contributed by atoms with E-state index in [2.05, 4.69) is 19.1 Å². The quantitative estimate of drug-likeness (QED) is 0.375. The van der Waals surface area contributed by atoms with E-state index in [9.17, 15) is 14.7 Å². The molecule has 6 heteroatoms. The number of amides is 1. The molecule has 1 amide bonds. The molecule has 1 N–H and O–H groups in total. The first-order chi connectivity index (χ1) is 14.9. The lowest BCUT2D eigenvalue weighted by Crippen LogP contribution is -2.26. The number of rotatable bonds is 14. The molecule has 31 heavy (non-hydrogen) atoms. The highest BCUT2D eigenvalue weighted by Gasteiger charge is 2.18. The van der Waals surface area contributed by atoms with Crippen molar-refractivity contribution in [3.8, 4) is 10.4 Å². The monoisotopic (exact) mass is 445 g/mol. The van der Waals surface area contributed by atoms with Gasteiger partial charge in [-0.2, -0.15) is 0 Å². The van der Waals surface area contributed by atoms with Gasteiger partial charge in [-0.25, -0.2) is 4.79 Å². The molecule has 0 aliphatic rings. The van der Waals surface area contributed by atoms with Crippen molar-refractivity contribution in [2.24, 2.45) is 0 Å². The van der Waals surface area contributed by atoms with Gasteiger partial charge in [-0.05, 0) is 36.6 Å². The SMILES string of the molecule is CCCCCCCC(=O)N(C)Cc1ccc(-c2ccc(C[C@H](OCC)C(=O)O)cc2)s1. The van der Waals surface area contributed by atoms with Gasteiger partial charge in [0, 0.05) is 36.3 Å². The van der Waals surface area contributed by atoms with E-state index in [0.717, 1.165) is 33.7 Å². The summed E-state index contributed by atoms with van der Waals surface area (Å²) in [6, 6.07) is 12.1. The van der Waals surface area contributed by atoms with Gasteiger partial charge in [0.2, 0.25) is 5.91 Å². The Kier molecular flexibility index (Phi) is 10.7. The van der Waals surface area contributed by atoms with Crippen LogP contribution in [-0.4, -0.2) is 41.6 Å². The number of hydrogen-bond acceptors (Lipinski definition) is 4. The predicted molar refractivity (Wildman–Crippen MR) is 126 cm³/mol. The van der Waals surface area contributed by atoms with E-state index in [-0.39, 0.29) is 5.91 Å². The van der Waals surface area contributed by atoms with E-state index in [1.165, 1.54) is 19.3 Å². The van der Waals surface area contributed by atoms with Crippen LogP contribution in [0.2, 0.25) is 0 Å². The average molecular weight is 446 g/mol. The van der Waals surface area contributed by atoms with Gasteiger partial charge in [0.1, 0.15) is 0 Å². The molecule has 0 saturated carbocycles. The molecule has 0 aliphatic carbocycles. The Morgan fingerprint density at radius 1 is 1.03 bits per heavy atom. The lowest BCUT2D eigenvalue weighted by Gasteiger charge is -2.16. The van der Waals surface area contributed by atoms with Gasteiger partial charge < -0.3 is 14.7 Å². The van der Waals surface area contributed by atoms with Gasteiger partial charge in [0.25, 0.3) is 0 Å². The second kappa shape index (κ2) is 13.3. The minimum Gasteiger partial charge on any atom is -0.479 e. The molecule has 0 aliphatic heterocycles. The van der Waals surface area contributed by atoms with Gasteiger partial charge in [-0.15, -0.1) is 11.3 Å². The second-order valence-corrected chi connectivity index (χ2v) is 9.03. The maximum Gasteiger partial charge on any atom is 0.333 e. The predicted octanol–water partition coefficient (Wildman–Crippen LogP) is 5.77. The molecule has 0 unspecified atom stereocenters. The summed E-state index contributed by atoms with van der Waals surface area (Å²) in [7, 11) is 1.87. The Morgan fingerprint density at radius 2 is 1.74 bits per heavy atom. The molecular formula is C25H35NO4S. The van der Waals surface area contributed by atoms with Crippen molar-refractivity contribution in [2.45, 2.75) is 71.4 Å². The molecule has 170 valence electrons. The number of carboxylic acids is 1. The number of unbranched alkanes of at least 4 members (excludes halogenated alkanes) is 4. The third kappa shape index (κ3) is 8.46. The zero-order valence-corrected chi connectivity index (χ0v) is 19.7. The summed E-state index contributed by atoms with van der Waals surface area (Å²) in [6.07, 6.45) is 5.93. The minimum absolute atomic E-state index is 0.207. The number of benzene rings is 1. The summed E-state index contributed by atoms with van der Waals surface area (Å²) in [5, 5.41) is 9.24. The van der Waals surface area contributed by atoms with E-state index in [4.69, 9.17) is 4.74 Å². The number of carboxylic acid groups (broad SMARTS) is 1. The van der Waals surface area contributed by atoms with Crippen molar-refractivity contribution in [3.05, 3.63) is 46.8 Å². The Morgan fingerprint density at radius 3 is 2.39 bits per heavy atom. The van der Waals surface area contributed by atoms with E-state index >= 15 is 0 Å². The lowest BCUT2D eigenvalue weighted by atomic mass is 10.1. The summed E-state index contributed by atoms with van der Waals surface area (Å²) in [5.41, 5.74) is 2.03. The summed E-state index contributed by atoms with van der Waals surface area (Å²) >= 11 is 1.69. The highest BCUT2D eigenvalue weighted by Crippen LogP contribution is 2.29. The number of carbonyl (C=O) groups is 2. The third-order valence-corrected chi connectivity index (χ3v) is 6.40. The molecule has 1 aromatic carbocycles. The first kappa shape index (κ1) is 25.1. The molecule has 1 heterocycles. The average Bonchev–Trinajstić information content (AvgIpc) is 3.22. The highest BCUT2D eigenvalue weighted by molar-refractivity contribution is 7.15. The van der Waals surface area contributed by atoms with Crippen LogP contribution in [0, 0.1) is 0 Å². The molecular weight excluding hydrogens is 410 g/mol. The van der Waals surface area contributed by atoms with Gasteiger partial charge in [-0.1, -0.05) is 56.9 Å². The van der Waals surface area contributed by atoms with Crippen molar-refractivity contribution < 1.29 is 19.4 Å². The maximum absolute atomic E-state index is 12.4. The van der Waals surface area contributed by atoms with Gasteiger partial charge >= 0.3 is 5.97 Å². The molecule has 0 bridgehead atoms. The lowest BCUT2D eigenvalue weighted by molar-refractivity contribution is -0.150. The molecule has 2 aromatic rings. The Bertz CT molecular complexity index is 815. The van der Waals surface area contributed by atoms with E-state index in [1.807, 2.05) is 36.2 Å². The molecule has 1 atom stereocenters. The van der Waals surface area contributed by atoms with Crippen molar-refractivity contribution >= 4 is 23.2 Å². The second-order valence-electron chi connectivity index (χ2n) is 7.86. The van der Waals surface area contributed by atoms with Crippen LogP contribution in [0.3, 0.4) is 0 Å². The number of nitrogens with zero attached hydrogens (tertiary/aromatic N) is 1. The van der Waals surface area contributed by atoms with Crippen molar-refractivity contribution in [1.29, 1.82) is 0 Å². The van der Waals surface area contributed by atoms with Crippen LogP contribution in [-0.2, 0) is 27.3 Å². The first-order valence-corrected chi connectivity index (χ1v) is 12.0. The normalized spacial score (nSPS) is 12.0. The fourth-order valence-corrected chi connectivity index (χ4v) is 4.52. The van der Waals surface area contributed by atoms with Crippen LogP contribution in [0.4, 0.5) is 0 Å². The van der Waals surface area contributed by atoms with Crippen LogP contribution < -0.4 is 0 Å². The third-order valence-electron chi connectivity index (χ3n) is 5.28. The summed E-state index contributed by atoms with van der Waals surface area (Å²) in [4.78, 5) is 27.7. The molecule has 2 rings (SSSR count). The van der Waals surface area contributed by atoms with Crippen LogP contribution in [0.1, 0.15) is 62.8 Å². The number of aliphatic carboxylic acids is 1. The first-order valence-electron chi connectivity index (χ1n) is 11.2. The summed E-state index contributed by atoms with van der Waals surface area (Å²) < 4.78 is 5.29. The fourth-order valence-electron chi connectivity index (χ4n) is 3.45. The Balaban J connectivity index is 1.88. The van der Waals surface area contributed by atoms with Crippen LogP contribution in [0.15, 0.2) is 36.4 Å². The zero-order chi connectivity index (χ0) is 22.6. The summed E-state index contributed by atoms with van der Waals surface area (Å²) in [6.45, 7) is 5.00. The van der Waals surface area contributed by atoms with Crippen molar-refractivity contribution in [1.82, 2.24) is 4.90 Å². The molecule has 0 saturated heterocycles. The number of carbonyl (C=O) groups excluding carboxylic acids is 1. The standard InChI is InChI=1S/C25H35NO4S/c1-4-6-7-8-9-10-24(27)26(3)18-21-15-16-23(31-21)20-13-11-19(12-14-20)17-22(25(28)29)30-5-2/h11-16,22H,4-10,17-18H2,1-3H3,(H,28,29)/t22-/m0/s1. The number of ether oxygens (including phenoxy) is 1.